The smallest absolute Gasteiger partial charge is 0.274 e. The van der Waals surface area contributed by atoms with Gasteiger partial charge in [-0.3, -0.25) is 9.78 Å². The summed E-state index contributed by atoms with van der Waals surface area (Å²) in [7, 11) is 0. The number of nitriles is 1. The van der Waals surface area contributed by atoms with E-state index in [0.717, 1.165) is 10.8 Å². The second-order valence-corrected chi connectivity index (χ2v) is 7.69. The second-order valence-electron chi connectivity index (χ2n) is 7.69. The Balaban J connectivity index is 1.73. The van der Waals surface area contributed by atoms with Gasteiger partial charge in [0, 0.05) is 55.0 Å². The summed E-state index contributed by atoms with van der Waals surface area (Å²) in [6.45, 7) is 3.29. The van der Waals surface area contributed by atoms with Crippen molar-refractivity contribution in [2.75, 3.05) is 23.3 Å². The van der Waals surface area contributed by atoms with E-state index in [9.17, 15) is 9.90 Å². The van der Waals surface area contributed by atoms with Crippen LogP contribution in [0.2, 0.25) is 0 Å². The maximum Gasteiger partial charge on any atom is 0.274 e. The third kappa shape index (κ3) is 5.10. The summed E-state index contributed by atoms with van der Waals surface area (Å²) in [6, 6.07) is 18.1. The molecule has 0 aliphatic heterocycles. The summed E-state index contributed by atoms with van der Waals surface area (Å²) >= 11 is 0. The quantitative estimate of drug-likeness (QED) is 0.370. The number of hydrogen-bond acceptors (Lipinski definition) is 7. The van der Waals surface area contributed by atoms with Gasteiger partial charge in [-0.05, 0) is 36.9 Å². The molecule has 0 saturated heterocycles. The summed E-state index contributed by atoms with van der Waals surface area (Å²) in [5.74, 6) is 0.621. The first kappa shape index (κ1) is 22.7. The Bertz CT molecular complexity index is 1350. The zero-order valence-corrected chi connectivity index (χ0v) is 18.8. The SMILES string of the molecule is CCN(CCCC#N)c1cc(C(=O)Nc2cc(O)cc3ccccc23)nc(-c2cccnc2)n1. The summed E-state index contributed by atoms with van der Waals surface area (Å²) in [6.07, 6.45) is 4.44. The molecule has 2 aromatic heterocycles. The van der Waals surface area contributed by atoms with Crippen LogP contribution < -0.4 is 10.2 Å². The molecule has 0 saturated carbocycles. The topological polar surface area (TPSA) is 115 Å². The highest BCUT2D eigenvalue weighted by Gasteiger charge is 2.17. The number of nitrogens with zero attached hydrogens (tertiary/aromatic N) is 5. The first-order chi connectivity index (χ1) is 16.6. The van der Waals surface area contributed by atoms with Crippen molar-refractivity contribution in [1.82, 2.24) is 15.0 Å². The average molecular weight is 453 g/mol. The molecule has 0 aliphatic rings. The molecule has 8 heteroatoms. The van der Waals surface area contributed by atoms with Crippen LogP contribution in [0.25, 0.3) is 22.2 Å². The van der Waals surface area contributed by atoms with Crippen LogP contribution in [0.3, 0.4) is 0 Å². The molecule has 4 aromatic rings. The lowest BCUT2D eigenvalue weighted by Gasteiger charge is -2.22. The maximum absolute atomic E-state index is 13.3. The summed E-state index contributed by atoms with van der Waals surface area (Å²) in [5.41, 5.74) is 1.37. The van der Waals surface area contributed by atoms with Gasteiger partial charge in [0.05, 0.1) is 11.8 Å². The van der Waals surface area contributed by atoms with Crippen molar-refractivity contribution in [3.05, 3.63) is 72.7 Å². The highest BCUT2D eigenvalue weighted by molar-refractivity contribution is 6.09. The van der Waals surface area contributed by atoms with Gasteiger partial charge in [0.15, 0.2) is 5.82 Å². The molecule has 0 radical (unpaired) electrons. The van der Waals surface area contributed by atoms with Gasteiger partial charge >= 0.3 is 0 Å². The number of nitrogens with one attached hydrogen (secondary N) is 1. The minimum absolute atomic E-state index is 0.0584. The van der Waals surface area contributed by atoms with Crippen LogP contribution in [0.4, 0.5) is 11.5 Å². The molecule has 0 unspecified atom stereocenters. The Morgan fingerprint density at radius 2 is 2.00 bits per heavy atom. The number of aromatic nitrogens is 3. The van der Waals surface area contributed by atoms with Gasteiger partial charge in [0.25, 0.3) is 5.91 Å². The number of phenolic OH excluding ortho intramolecular Hbond substituents is 1. The van der Waals surface area contributed by atoms with Crippen LogP contribution in [-0.2, 0) is 0 Å². The molecule has 0 bridgehead atoms. The predicted octanol–water partition coefficient (Wildman–Crippen LogP) is 4.78. The van der Waals surface area contributed by atoms with E-state index < -0.39 is 5.91 Å². The van der Waals surface area contributed by atoms with Gasteiger partial charge in [-0.1, -0.05) is 24.3 Å². The molecule has 170 valence electrons. The van der Waals surface area contributed by atoms with Gasteiger partial charge < -0.3 is 15.3 Å². The summed E-state index contributed by atoms with van der Waals surface area (Å²) < 4.78 is 0. The van der Waals surface area contributed by atoms with Crippen molar-refractivity contribution in [3.63, 3.8) is 0 Å². The molecular weight excluding hydrogens is 428 g/mol. The first-order valence-corrected chi connectivity index (χ1v) is 11.0. The van der Waals surface area contributed by atoms with Gasteiger partial charge in [0.2, 0.25) is 0 Å². The fourth-order valence-corrected chi connectivity index (χ4v) is 3.71. The van der Waals surface area contributed by atoms with Crippen LogP contribution >= 0.6 is 0 Å². The first-order valence-electron chi connectivity index (χ1n) is 11.0. The Kier molecular flexibility index (Phi) is 6.94. The molecule has 0 spiro atoms. The fraction of sp³-hybridized carbons (Fsp3) is 0.192. The van der Waals surface area contributed by atoms with Crippen LogP contribution in [0.1, 0.15) is 30.3 Å². The molecule has 4 rings (SSSR count). The van der Waals surface area contributed by atoms with Gasteiger partial charge in [0.1, 0.15) is 17.3 Å². The Morgan fingerprint density at radius 1 is 1.15 bits per heavy atom. The molecule has 8 nitrogen and oxygen atoms in total. The highest BCUT2D eigenvalue weighted by atomic mass is 16.3. The fourth-order valence-electron chi connectivity index (χ4n) is 3.71. The van der Waals surface area contributed by atoms with E-state index >= 15 is 0 Å². The number of pyridine rings is 1. The van der Waals surface area contributed by atoms with Crippen LogP contribution in [0.15, 0.2) is 67.0 Å². The molecule has 0 atom stereocenters. The van der Waals surface area contributed by atoms with Crippen molar-refractivity contribution in [1.29, 1.82) is 5.26 Å². The molecule has 0 aliphatic carbocycles. The number of unbranched alkanes of at least 4 members (excludes halogenated alkanes) is 1. The summed E-state index contributed by atoms with van der Waals surface area (Å²) in [5, 5.41) is 23.5. The minimum atomic E-state index is -0.419. The normalized spacial score (nSPS) is 10.6. The summed E-state index contributed by atoms with van der Waals surface area (Å²) in [4.78, 5) is 28.7. The average Bonchev–Trinajstić information content (AvgIpc) is 2.87. The van der Waals surface area contributed by atoms with Crippen molar-refractivity contribution in [2.45, 2.75) is 19.8 Å². The lowest BCUT2D eigenvalue weighted by atomic mass is 10.1. The minimum Gasteiger partial charge on any atom is -0.508 e. The number of carbonyl (C=O) groups excluding carboxylic acids is 1. The van der Waals surface area contributed by atoms with E-state index in [1.165, 1.54) is 6.07 Å². The number of hydrogen-bond donors (Lipinski definition) is 2. The molecule has 2 N–H and O–H groups in total. The van der Waals surface area contributed by atoms with Gasteiger partial charge in [-0.25, -0.2) is 9.97 Å². The molecule has 1 amide bonds. The third-order valence-corrected chi connectivity index (χ3v) is 5.38. The van der Waals surface area contributed by atoms with Crippen molar-refractivity contribution >= 4 is 28.2 Å². The van der Waals surface area contributed by atoms with Crippen LogP contribution in [0, 0.1) is 11.3 Å². The van der Waals surface area contributed by atoms with E-state index in [-0.39, 0.29) is 11.4 Å². The zero-order valence-electron chi connectivity index (χ0n) is 18.8. The molecule has 2 heterocycles. The van der Waals surface area contributed by atoms with E-state index in [1.54, 1.807) is 30.6 Å². The second kappa shape index (κ2) is 10.4. The number of fused-ring (bicyclic) bond motifs is 1. The predicted molar refractivity (Wildman–Crippen MR) is 132 cm³/mol. The Hall–Kier alpha value is -4.51. The largest absolute Gasteiger partial charge is 0.508 e. The van der Waals surface area contributed by atoms with Gasteiger partial charge in [-0.15, -0.1) is 0 Å². The standard InChI is InChI=1S/C26H24N6O2/c1-2-32(13-6-5-11-27)24-16-23(29-25(31-24)19-9-7-12-28-17-19)26(34)30-22-15-20(33)14-18-8-3-4-10-21(18)22/h3-4,7-10,12,14-17,33H,2,5-6,13H2,1H3,(H,30,34). The number of rotatable bonds is 8. The van der Waals surface area contributed by atoms with Crippen LogP contribution in [0.5, 0.6) is 5.75 Å². The number of phenols is 1. The third-order valence-electron chi connectivity index (χ3n) is 5.38. The van der Waals surface area contributed by atoms with Crippen molar-refractivity contribution in [3.8, 4) is 23.2 Å². The highest BCUT2D eigenvalue weighted by Crippen LogP contribution is 2.29. The van der Waals surface area contributed by atoms with Gasteiger partial charge in [-0.2, -0.15) is 5.26 Å². The Labute approximate surface area is 197 Å². The maximum atomic E-state index is 13.3. The van der Waals surface area contributed by atoms with Crippen LogP contribution in [-0.4, -0.2) is 39.1 Å². The number of carbonyl (C=O) groups is 1. The zero-order chi connectivity index (χ0) is 23.9. The van der Waals surface area contributed by atoms with Crippen molar-refractivity contribution in [2.24, 2.45) is 0 Å². The molecule has 2 aromatic carbocycles. The van der Waals surface area contributed by atoms with E-state index in [0.29, 0.717) is 48.8 Å². The molecular formula is C26H24N6O2. The Morgan fingerprint density at radius 3 is 2.76 bits per heavy atom. The van der Waals surface area contributed by atoms with E-state index in [4.69, 9.17) is 5.26 Å². The molecule has 0 fully saturated rings. The monoisotopic (exact) mass is 452 g/mol. The van der Waals surface area contributed by atoms with Crippen molar-refractivity contribution < 1.29 is 9.90 Å². The number of aromatic hydroxyl groups is 1. The lowest BCUT2D eigenvalue weighted by Crippen LogP contribution is -2.26. The number of benzene rings is 2. The number of anilines is 2. The van der Waals surface area contributed by atoms with E-state index in [1.807, 2.05) is 42.2 Å². The number of amides is 1. The lowest BCUT2D eigenvalue weighted by molar-refractivity contribution is 0.102. The molecule has 34 heavy (non-hydrogen) atoms. The van der Waals surface area contributed by atoms with E-state index in [2.05, 4.69) is 26.3 Å².